The van der Waals surface area contributed by atoms with Crippen LogP contribution in [0, 0.1) is 0 Å². The van der Waals surface area contributed by atoms with Crippen molar-refractivity contribution in [1.82, 2.24) is 15.5 Å². The number of alkyl halides is 3. The van der Waals surface area contributed by atoms with E-state index in [1.807, 2.05) is 25.1 Å². The molecule has 2 rings (SSSR count). The number of nitrogens with one attached hydrogen (secondary N) is 2. The summed E-state index contributed by atoms with van der Waals surface area (Å²) in [6, 6.07) is 5.92. The van der Waals surface area contributed by atoms with Gasteiger partial charge in [-0.1, -0.05) is 0 Å². The molecule has 1 atom stereocenters. The molecular weight excluding hydrogens is 500 g/mol. The molecule has 166 valence electrons. The molecule has 0 bridgehead atoms. The Hall–Kier alpha value is -1.43. The number of guanidine groups is 1. The quantitative estimate of drug-likeness (QED) is 0.307. The van der Waals surface area contributed by atoms with Crippen molar-refractivity contribution in [3.05, 3.63) is 23.8 Å². The minimum absolute atomic E-state index is 0. The summed E-state index contributed by atoms with van der Waals surface area (Å²) >= 11 is 0. The lowest BCUT2D eigenvalue weighted by Crippen LogP contribution is -2.44. The Bertz CT molecular complexity index is 637. The number of rotatable bonds is 8. The Kier molecular flexibility index (Phi) is 10.9. The summed E-state index contributed by atoms with van der Waals surface area (Å²) in [5, 5.41) is 6.25. The molecule has 1 fully saturated rings. The Balaban J connectivity index is 0.00000420. The van der Waals surface area contributed by atoms with Gasteiger partial charge in [0.05, 0.1) is 27.2 Å². The SMILES string of the molecule is CCNC(=NCCC(F)(F)F)NC1CCN(Cc2cc(OC)cc(OC)c2)C1.I. The topological polar surface area (TPSA) is 58.1 Å². The molecule has 1 aliphatic heterocycles. The van der Waals surface area contributed by atoms with E-state index in [2.05, 4.69) is 20.5 Å². The van der Waals surface area contributed by atoms with Gasteiger partial charge in [-0.25, -0.2) is 0 Å². The third kappa shape index (κ3) is 9.28. The van der Waals surface area contributed by atoms with Gasteiger partial charge in [0.1, 0.15) is 11.5 Å². The smallest absolute Gasteiger partial charge is 0.390 e. The van der Waals surface area contributed by atoms with Gasteiger partial charge in [-0.3, -0.25) is 9.89 Å². The number of benzene rings is 1. The number of ether oxygens (including phenoxy) is 2. The molecule has 2 N–H and O–H groups in total. The Morgan fingerprint density at radius 1 is 1.21 bits per heavy atom. The summed E-state index contributed by atoms with van der Waals surface area (Å²) in [5.41, 5.74) is 1.09. The molecule has 1 aromatic rings. The van der Waals surface area contributed by atoms with Crippen LogP contribution < -0.4 is 20.1 Å². The van der Waals surface area contributed by atoms with Crippen molar-refractivity contribution in [3.63, 3.8) is 0 Å². The average Bonchev–Trinajstić information content (AvgIpc) is 3.07. The van der Waals surface area contributed by atoms with Crippen molar-refractivity contribution >= 4 is 29.9 Å². The van der Waals surface area contributed by atoms with Gasteiger partial charge in [0.15, 0.2) is 5.96 Å². The van der Waals surface area contributed by atoms with Crippen molar-refractivity contribution in [2.75, 3.05) is 40.4 Å². The van der Waals surface area contributed by atoms with E-state index in [9.17, 15) is 13.2 Å². The molecule has 0 spiro atoms. The summed E-state index contributed by atoms with van der Waals surface area (Å²) in [7, 11) is 3.24. The highest BCUT2D eigenvalue weighted by atomic mass is 127. The molecule has 29 heavy (non-hydrogen) atoms. The van der Waals surface area contributed by atoms with Crippen molar-refractivity contribution in [1.29, 1.82) is 0 Å². The molecule has 1 aliphatic rings. The van der Waals surface area contributed by atoms with Crippen LogP contribution in [0.25, 0.3) is 0 Å². The van der Waals surface area contributed by atoms with Crippen LogP contribution in [0.2, 0.25) is 0 Å². The van der Waals surface area contributed by atoms with Crippen LogP contribution in [-0.2, 0) is 6.54 Å². The molecule has 10 heteroatoms. The third-order valence-electron chi connectivity index (χ3n) is 4.44. The van der Waals surface area contributed by atoms with E-state index in [1.165, 1.54) is 0 Å². The largest absolute Gasteiger partial charge is 0.497 e. The van der Waals surface area contributed by atoms with Gasteiger partial charge in [-0.05, 0) is 31.0 Å². The van der Waals surface area contributed by atoms with Crippen molar-refractivity contribution < 1.29 is 22.6 Å². The summed E-state index contributed by atoms with van der Waals surface area (Å²) in [6.07, 6.45) is -4.22. The van der Waals surface area contributed by atoms with Crippen molar-refractivity contribution in [2.24, 2.45) is 4.99 Å². The van der Waals surface area contributed by atoms with Crippen LogP contribution >= 0.6 is 24.0 Å². The number of nitrogens with zero attached hydrogens (tertiary/aromatic N) is 2. The minimum Gasteiger partial charge on any atom is -0.497 e. The average molecular weight is 530 g/mol. The first kappa shape index (κ1) is 25.6. The molecule has 0 aromatic heterocycles. The van der Waals surface area contributed by atoms with Crippen LogP contribution in [0.4, 0.5) is 13.2 Å². The monoisotopic (exact) mass is 530 g/mol. The molecule has 1 saturated heterocycles. The van der Waals surface area contributed by atoms with E-state index < -0.39 is 12.6 Å². The van der Waals surface area contributed by atoms with Gasteiger partial charge >= 0.3 is 6.18 Å². The molecular formula is C19H30F3IN4O2. The second kappa shape index (κ2) is 12.3. The van der Waals surface area contributed by atoms with E-state index in [0.717, 1.165) is 43.1 Å². The lowest BCUT2D eigenvalue weighted by atomic mass is 10.2. The second-order valence-electron chi connectivity index (χ2n) is 6.71. The maximum Gasteiger partial charge on any atom is 0.390 e. The van der Waals surface area contributed by atoms with Crippen LogP contribution in [-0.4, -0.2) is 63.5 Å². The predicted octanol–water partition coefficient (Wildman–Crippen LogP) is 3.40. The Labute approximate surface area is 187 Å². The molecule has 1 heterocycles. The highest BCUT2D eigenvalue weighted by Crippen LogP contribution is 2.24. The van der Waals surface area contributed by atoms with Gasteiger partial charge in [-0.2, -0.15) is 13.2 Å². The summed E-state index contributed by atoms with van der Waals surface area (Å²) in [5.74, 6) is 1.92. The van der Waals surface area contributed by atoms with Gasteiger partial charge < -0.3 is 20.1 Å². The highest BCUT2D eigenvalue weighted by molar-refractivity contribution is 14.0. The van der Waals surface area contributed by atoms with E-state index in [1.54, 1.807) is 14.2 Å². The van der Waals surface area contributed by atoms with E-state index in [0.29, 0.717) is 12.5 Å². The number of aliphatic imine (C=N–C) groups is 1. The molecule has 1 aromatic carbocycles. The van der Waals surface area contributed by atoms with Crippen molar-refractivity contribution in [3.8, 4) is 11.5 Å². The number of hydrogen-bond acceptors (Lipinski definition) is 4. The normalized spacial score (nSPS) is 17.6. The fourth-order valence-corrected chi connectivity index (χ4v) is 3.12. The second-order valence-corrected chi connectivity index (χ2v) is 6.71. The molecule has 0 aliphatic carbocycles. The molecule has 0 radical (unpaired) electrons. The minimum atomic E-state index is -4.19. The fraction of sp³-hybridized carbons (Fsp3) is 0.632. The Morgan fingerprint density at radius 2 is 1.86 bits per heavy atom. The van der Waals surface area contributed by atoms with Crippen LogP contribution in [0.5, 0.6) is 11.5 Å². The number of likely N-dealkylation sites (tertiary alicyclic amines) is 1. The first-order chi connectivity index (χ1) is 13.3. The van der Waals surface area contributed by atoms with Crippen LogP contribution in [0.3, 0.4) is 0 Å². The standard InChI is InChI=1S/C19H29F3N4O2.HI/c1-4-23-18(24-7-6-19(20,21)22)25-15-5-8-26(13-15)12-14-9-16(27-2)11-17(10-14)28-3;/h9-11,15H,4-8,12-13H2,1-3H3,(H2,23,24,25);1H. The van der Waals surface area contributed by atoms with Gasteiger partial charge in [0.2, 0.25) is 0 Å². The van der Waals surface area contributed by atoms with E-state index in [-0.39, 0.29) is 36.6 Å². The highest BCUT2D eigenvalue weighted by Gasteiger charge is 2.27. The summed E-state index contributed by atoms with van der Waals surface area (Å²) in [4.78, 5) is 6.32. The number of halogens is 4. The fourth-order valence-electron chi connectivity index (χ4n) is 3.12. The number of methoxy groups -OCH3 is 2. The molecule has 1 unspecified atom stereocenters. The molecule has 0 amide bonds. The zero-order valence-electron chi connectivity index (χ0n) is 17.0. The van der Waals surface area contributed by atoms with E-state index >= 15 is 0 Å². The summed E-state index contributed by atoms with van der Waals surface area (Å²) in [6.45, 7) is 4.62. The van der Waals surface area contributed by atoms with Gasteiger partial charge in [0.25, 0.3) is 0 Å². The lowest BCUT2D eigenvalue weighted by molar-refractivity contribution is -0.132. The number of hydrogen-bond donors (Lipinski definition) is 2. The molecule has 0 saturated carbocycles. The molecule has 6 nitrogen and oxygen atoms in total. The first-order valence-electron chi connectivity index (χ1n) is 9.39. The maximum absolute atomic E-state index is 12.3. The summed E-state index contributed by atoms with van der Waals surface area (Å²) < 4.78 is 47.6. The Morgan fingerprint density at radius 3 is 2.41 bits per heavy atom. The zero-order valence-corrected chi connectivity index (χ0v) is 19.3. The predicted molar refractivity (Wildman–Crippen MR) is 118 cm³/mol. The lowest BCUT2D eigenvalue weighted by Gasteiger charge is -2.19. The zero-order chi connectivity index (χ0) is 20.6. The first-order valence-corrected chi connectivity index (χ1v) is 9.39. The van der Waals surface area contributed by atoms with Crippen LogP contribution in [0.15, 0.2) is 23.2 Å². The van der Waals surface area contributed by atoms with Crippen LogP contribution in [0.1, 0.15) is 25.3 Å². The van der Waals surface area contributed by atoms with Gasteiger partial charge in [-0.15, -0.1) is 24.0 Å². The maximum atomic E-state index is 12.3. The third-order valence-corrected chi connectivity index (χ3v) is 4.44. The van der Waals surface area contributed by atoms with Gasteiger partial charge in [0, 0.05) is 38.3 Å². The van der Waals surface area contributed by atoms with Crippen molar-refractivity contribution in [2.45, 2.75) is 38.5 Å². The van der Waals surface area contributed by atoms with E-state index in [4.69, 9.17) is 9.47 Å².